The van der Waals surface area contributed by atoms with Gasteiger partial charge in [0.1, 0.15) is 0 Å². The van der Waals surface area contributed by atoms with Gasteiger partial charge in [-0.05, 0) is 62.7 Å². The third kappa shape index (κ3) is 9.82. The van der Waals surface area contributed by atoms with E-state index < -0.39 is 0 Å². The molecule has 0 amide bonds. The van der Waals surface area contributed by atoms with E-state index in [1.54, 1.807) is 0 Å². The Morgan fingerprint density at radius 2 is 1.07 bits per heavy atom. The summed E-state index contributed by atoms with van der Waals surface area (Å²) in [6.07, 6.45) is 28.0. The fraction of sp³-hybridized carbons (Fsp3) is 1.00. The van der Waals surface area contributed by atoms with E-state index in [0.29, 0.717) is 6.10 Å². The maximum absolute atomic E-state index is 6.12. The summed E-state index contributed by atoms with van der Waals surface area (Å²) in [5, 5.41) is 0. The molecule has 0 aromatic heterocycles. The van der Waals surface area contributed by atoms with Crippen LogP contribution in [0.4, 0.5) is 0 Å². The standard InChI is InChI=1S/C26H50O/c1-3-5-7-8-9-10-11-13-23-14-16-24(17-15-23)25-18-20-26(21-19-25)27-22-12-6-4-2/h23-26H,3-22H2,1-2H3. The van der Waals surface area contributed by atoms with Crippen LogP contribution in [0.25, 0.3) is 0 Å². The van der Waals surface area contributed by atoms with Crippen molar-refractivity contribution in [2.45, 2.75) is 142 Å². The number of rotatable bonds is 14. The molecule has 27 heavy (non-hydrogen) atoms. The molecule has 0 unspecified atom stereocenters. The summed E-state index contributed by atoms with van der Waals surface area (Å²) < 4.78 is 6.12. The van der Waals surface area contributed by atoms with Crippen molar-refractivity contribution in [2.75, 3.05) is 6.61 Å². The van der Waals surface area contributed by atoms with Crippen molar-refractivity contribution < 1.29 is 4.74 Å². The highest BCUT2D eigenvalue weighted by Gasteiger charge is 2.30. The molecule has 0 aromatic carbocycles. The first-order chi connectivity index (χ1) is 13.3. The summed E-state index contributed by atoms with van der Waals surface area (Å²) in [5.41, 5.74) is 0. The summed E-state index contributed by atoms with van der Waals surface area (Å²) in [6.45, 7) is 5.59. The number of unbranched alkanes of at least 4 members (excludes halogenated alkanes) is 8. The number of hydrogen-bond donors (Lipinski definition) is 0. The molecule has 2 rings (SSSR count). The molecule has 0 radical (unpaired) electrons. The molecule has 2 saturated carbocycles. The Morgan fingerprint density at radius 1 is 0.556 bits per heavy atom. The Labute approximate surface area is 171 Å². The molecular weight excluding hydrogens is 328 g/mol. The SMILES string of the molecule is CCCCCCCCCC1CCC(C2CCC(OCCCCC)CC2)CC1. The fourth-order valence-corrected chi connectivity index (χ4v) is 5.67. The van der Waals surface area contributed by atoms with Gasteiger partial charge in [0.05, 0.1) is 6.10 Å². The second-order valence-corrected chi connectivity index (χ2v) is 9.81. The Bertz CT molecular complexity index is 323. The van der Waals surface area contributed by atoms with Crippen molar-refractivity contribution >= 4 is 0 Å². The van der Waals surface area contributed by atoms with Gasteiger partial charge in [0, 0.05) is 6.61 Å². The van der Waals surface area contributed by atoms with E-state index >= 15 is 0 Å². The summed E-state index contributed by atoms with van der Waals surface area (Å²) >= 11 is 0. The molecule has 0 N–H and O–H groups in total. The van der Waals surface area contributed by atoms with E-state index in [4.69, 9.17) is 4.74 Å². The van der Waals surface area contributed by atoms with Gasteiger partial charge in [-0.1, -0.05) is 90.9 Å². The van der Waals surface area contributed by atoms with Crippen LogP contribution in [0.15, 0.2) is 0 Å². The minimum atomic E-state index is 0.590. The van der Waals surface area contributed by atoms with Gasteiger partial charge in [0.15, 0.2) is 0 Å². The molecule has 0 aromatic rings. The van der Waals surface area contributed by atoms with Gasteiger partial charge in [-0.3, -0.25) is 0 Å². The van der Waals surface area contributed by atoms with Gasteiger partial charge in [-0.25, -0.2) is 0 Å². The molecule has 2 aliphatic carbocycles. The van der Waals surface area contributed by atoms with Crippen LogP contribution >= 0.6 is 0 Å². The monoisotopic (exact) mass is 378 g/mol. The van der Waals surface area contributed by atoms with Crippen molar-refractivity contribution in [1.29, 1.82) is 0 Å². The van der Waals surface area contributed by atoms with E-state index in [1.165, 1.54) is 122 Å². The lowest BCUT2D eigenvalue weighted by molar-refractivity contribution is 0.00538. The second kappa shape index (κ2) is 14.9. The van der Waals surface area contributed by atoms with Gasteiger partial charge in [0.2, 0.25) is 0 Å². The van der Waals surface area contributed by atoms with E-state index in [0.717, 1.165) is 24.4 Å². The van der Waals surface area contributed by atoms with E-state index in [-0.39, 0.29) is 0 Å². The van der Waals surface area contributed by atoms with Crippen LogP contribution in [0.1, 0.15) is 136 Å². The largest absolute Gasteiger partial charge is 0.378 e. The number of hydrogen-bond acceptors (Lipinski definition) is 1. The lowest BCUT2D eigenvalue weighted by Crippen LogP contribution is -2.28. The summed E-state index contributed by atoms with van der Waals surface area (Å²) in [6, 6.07) is 0. The van der Waals surface area contributed by atoms with Crippen molar-refractivity contribution in [3.05, 3.63) is 0 Å². The molecular formula is C26H50O. The first-order valence-corrected chi connectivity index (χ1v) is 12.9. The third-order valence-electron chi connectivity index (χ3n) is 7.59. The molecule has 0 bridgehead atoms. The second-order valence-electron chi connectivity index (χ2n) is 9.81. The van der Waals surface area contributed by atoms with Crippen molar-refractivity contribution in [1.82, 2.24) is 0 Å². The molecule has 0 saturated heterocycles. The van der Waals surface area contributed by atoms with Gasteiger partial charge < -0.3 is 4.74 Å². The van der Waals surface area contributed by atoms with Crippen LogP contribution in [-0.4, -0.2) is 12.7 Å². The minimum Gasteiger partial charge on any atom is -0.378 e. The Morgan fingerprint density at radius 3 is 1.70 bits per heavy atom. The zero-order valence-corrected chi connectivity index (χ0v) is 18.9. The average Bonchev–Trinajstić information content (AvgIpc) is 2.71. The van der Waals surface area contributed by atoms with Crippen LogP contribution in [0, 0.1) is 17.8 Å². The molecule has 0 heterocycles. The Kier molecular flexibility index (Phi) is 12.8. The van der Waals surface area contributed by atoms with E-state index in [2.05, 4.69) is 13.8 Å². The molecule has 0 spiro atoms. The average molecular weight is 379 g/mol. The van der Waals surface area contributed by atoms with Gasteiger partial charge in [0.25, 0.3) is 0 Å². The lowest BCUT2D eigenvalue weighted by atomic mass is 9.70. The quantitative estimate of drug-likeness (QED) is 0.275. The summed E-state index contributed by atoms with van der Waals surface area (Å²) in [4.78, 5) is 0. The van der Waals surface area contributed by atoms with Gasteiger partial charge >= 0.3 is 0 Å². The zero-order valence-electron chi connectivity index (χ0n) is 18.9. The van der Waals surface area contributed by atoms with Crippen LogP contribution in [0.2, 0.25) is 0 Å². The molecule has 1 nitrogen and oxygen atoms in total. The van der Waals surface area contributed by atoms with E-state index in [9.17, 15) is 0 Å². The molecule has 0 aliphatic heterocycles. The summed E-state index contributed by atoms with van der Waals surface area (Å²) in [5.74, 6) is 3.14. The predicted molar refractivity (Wildman–Crippen MR) is 119 cm³/mol. The summed E-state index contributed by atoms with van der Waals surface area (Å²) in [7, 11) is 0. The lowest BCUT2D eigenvalue weighted by Gasteiger charge is -2.38. The van der Waals surface area contributed by atoms with Crippen LogP contribution in [0.5, 0.6) is 0 Å². The van der Waals surface area contributed by atoms with Crippen LogP contribution in [-0.2, 0) is 4.74 Å². The minimum absolute atomic E-state index is 0.590. The molecule has 2 fully saturated rings. The van der Waals surface area contributed by atoms with Crippen LogP contribution < -0.4 is 0 Å². The molecule has 160 valence electrons. The highest BCUT2D eigenvalue weighted by molar-refractivity contribution is 4.82. The van der Waals surface area contributed by atoms with Crippen LogP contribution in [0.3, 0.4) is 0 Å². The molecule has 0 atom stereocenters. The van der Waals surface area contributed by atoms with Gasteiger partial charge in [-0.2, -0.15) is 0 Å². The maximum atomic E-state index is 6.12. The smallest absolute Gasteiger partial charge is 0.0575 e. The Balaban J connectivity index is 1.47. The normalized spacial score (nSPS) is 29.1. The van der Waals surface area contributed by atoms with Gasteiger partial charge in [-0.15, -0.1) is 0 Å². The van der Waals surface area contributed by atoms with Crippen molar-refractivity contribution in [3.8, 4) is 0 Å². The highest BCUT2D eigenvalue weighted by Crippen LogP contribution is 2.41. The Hall–Kier alpha value is -0.0400. The van der Waals surface area contributed by atoms with Crippen molar-refractivity contribution in [2.24, 2.45) is 17.8 Å². The molecule has 2 aliphatic rings. The maximum Gasteiger partial charge on any atom is 0.0575 e. The molecule has 1 heteroatoms. The fourth-order valence-electron chi connectivity index (χ4n) is 5.67. The van der Waals surface area contributed by atoms with Crippen molar-refractivity contribution in [3.63, 3.8) is 0 Å². The topological polar surface area (TPSA) is 9.23 Å². The highest BCUT2D eigenvalue weighted by atomic mass is 16.5. The predicted octanol–water partition coefficient (Wildman–Crippen LogP) is 8.70. The first-order valence-electron chi connectivity index (χ1n) is 12.9. The number of ether oxygens (including phenoxy) is 1. The van der Waals surface area contributed by atoms with E-state index in [1.807, 2.05) is 0 Å². The third-order valence-corrected chi connectivity index (χ3v) is 7.59. The zero-order chi connectivity index (χ0) is 19.2. The first kappa shape index (κ1) is 23.2.